The number of halogens is 3. The number of alkyl halides is 3. The van der Waals surface area contributed by atoms with Crippen LogP contribution in [0.4, 0.5) is 13.2 Å². The van der Waals surface area contributed by atoms with Gasteiger partial charge >= 0.3 is 6.18 Å². The average molecular weight is 554 g/mol. The number of benzene rings is 1. The van der Waals surface area contributed by atoms with Gasteiger partial charge < -0.3 is 9.42 Å². The standard InChI is InChI=1S/C25H30F3N5O4S/c1-15(34)32-8-6-16(7-9-32)22-29-23(37-30-22)18-3-2-17-11-20-4-5-21(12-19(17)10-18)24(20)13-33(14-25(26,27)28)38(35,36)31-24/h2-3,10,16,20-21,31H,4-9,11-14H2,1H3. The van der Waals surface area contributed by atoms with E-state index in [4.69, 9.17) is 4.52 Å². The average Bonchev–Trinajstić information content (AvgIpc) is 3.48. The number of amides is 1. The molecular weight excluding hydrogens is 523 g/mol. The number of aromatic nitrogens is 2. The molecule has 2 aliphatic carbocycles. The normalized spacial score (nSPS) is 29.5. The van der Waals surface area contributed by atoms with Gasteiger partial charge in [0, 0.05) is 38.0 Å². The fourth-order valence-corrected chi connectivity index (χ4v) is 8.66. The second kappa shape index (κ2) is 9.02. The van der Waals surface area contributed by atoms with E-state index in [-0.39, 0.29) is 30.2 Å². The summed E-state index contributed by atoms with van der Waals surface area (Å²) in [6.07, 6.45) is -0.380. The minimum Gasteiger partial charge on any atom is -0.343 e. The van der Waals surface area contributed by atoms with Gasteiger partial charge in [-0.1, -0.05) is 11.2 Å². The molecule has 9 nitrogen and oxygen atoms in total. The molecule has 1 amide bonds. The first-order valence-corrected chi connectivity index (χ1v) is 14.4. The van der Waals surface area contributed by atoms with Gasteiger partial charge in [0.25, 0.3) is 16.1 Å². The summed E-state index contributed by atoms with van der Waals surface area (Å²) >= 11 is 0. The van der Waals surface area contributed by atoms with Gasteiger partial charge in [-0.3, -0.25) is 4.79 Å². The quantitative estimate of drug-likeness (QED) is 0.626. The Hall–Kier alpha value is -2.51. The molecule has 13 heteroatoms. The second-order valence-electron chi connectivity index (χ2n) is 11.1. The molecule has 2 aromatic rings. The number of carbonyl (C=O) groups excluding carboxylic acids is 1. The number of hydrogen-bond donors (Lipinski definition) is 1. The summed E-state index contributed by atoms with van der Waals surface area (Å²) in [6, 6.07) is 5.90. The first-order chi connectivity index (χ1) is 17.9. The highest BCUT2D eigenvalue weighted by Gasteiger charge is 2.60. The highest BCUT2D eigenvalue weighted by atomic mass is 32.2. The molecule has 3 atom stereocenters. The first kappa shape index (κ1) is 25.8. The molecule has 1 aromatic carbocycles. The molecule has 1 aromatic heterocycles. The summed E-state index contributed by atoms with van der Waals surface area (Å²) in [5.41, 5.74) is 1.97. The molecule has 38 heavy (non-hydrogen) atoms. The maximum atomic E-state index is 13.1. The van der Waals surface area contributed by atoms with E-state index in [9.17, 15) is 26.4 Å². The van der Waals surface area contributed by atoms with Crippen LogP contribution in [0.2, 0.25) is 0 Å². The summed E-state index contributed by atoms with van der Waals surface area (Å²) in [7, 11) is -4.22. The fourth-order valence-electron chi connectivity index (χ4n) is 6.95. The molecule has 1 saturated carbocycles. The third-order valence-corrected chi connectivity index (χ3v) is 10.5. The Morgan fingerprint density at radius 2 is 1.82 bits per heavy atom. The maximum absolute atomic E-state index is 13.1. The van der Waals surface area contributed by atoms with Crippen LogP contribution in [0.15, 0.2) is 22.7 Å². The van der Waals surface area contributed by atoms with Crippen molar-refractivity contribution >= 4 is 16.1 Å². The van der Waals surface area contributed by atoms with Gasteiger partial charge in [0.2, 0.25) is 5.91 Å². The lowest BCUT2D eigenvalue weighted by atomic mass is 9.79. The topological polar surface area (TPSA) is 109 Å². The molecule has 0 radical (unpaired) electrons. The highest BCUT2D eigenvalue weighted by Crippen LogP contribution is 2.50. The van der Waals surface area contributed by atoms with Crippen molar-refractivity contribution in [3.8, 4) is 11.5 Å². The molecule has 6 rings (SSSR count). The van der Waals surface area contributed by atoms with Crippen molar-refractivity contribution in [1.29, 1.82) is 0 Å². The summed E-state index contributed by atoms with van der Waals surface area (Å²) in [6.45, 7) is 1.25. The van der Waals surface area contributed by atoms with Crippen molar-refractivity contribution in [2.45, 2.75) is 63.1 Å². The molecule has 2 saturated heterocycles. The molecule has 1 N–H and O–H groups in total. The van der Waals surface area contributed by atoms with Crippen LogP contribution in [-0.2, 0) is 27.8 Å². The van der Waals surface area contributed by atoms with Gasteiger partial charge in [0.1, 0.15) is 6.54 Å². The Kier molecular flexibility index (Phi) is 6.11. The monoisotopic (exact) mass is 553 g/mol. The summed E-state index contributed by atoms with van der Waals surface area (Å²) in [5, 5.41) is 4.20. The number of likely N-dealkylation sites (tertiary alicyclic amines) is 1. The Morgan fingerprint density at radius 3 is 2.47 bits per heavy atom. The second-order valence-corrected chi connectivity index (χ2v) is 12.8. The van der Waals surface area contributed by atoms with Crippen LogP contribution in [0, 0.1) is 11.8 Å². The van der Waals surface area contributed by atoms with Gasteiger partial charge in [-0.25, -0.2) is 0 Å². The molecule has 4 aliphatic rings. The SMILES string of the molecule is CC(=O)N1CCC(c2noc(-c3ccc4c(c3)CC3CCC(C4)C34CN(CC(F)(F)F)S(=O)(=O)N4)n2)CC1. The predicted molar refractivity (Wildman–Crippen MR) is 130 cm³/mol. The number of carbonyl (C=O) groups is 1. The van der Waals surface area contributed by atoms with Crippen molar-refractivity contribution < 1.29 is 30.9 Å². The van der Waals surface area contributed by atoms with Gasteiger partial charge in [0.05, 0.1) is 5.54 Å². The van der Waals surface area contributed by atoms with Crippen molar-refractivity contribution in [3.05, 3.63) is 35.2 Å². The molecule has 206 valence electrons. The summed E-state index contributed by atoms with van der Waals surface area (Å²) in [4.78, 5) is 18.1. The van der Waals surface area contributed by atoms with Crippen LogP contribution in [0.3, 0.4) is 0 Å². The van der Waals surface area contributed by atoms with Crippen LogP contribution < -0.4 is 4.72 Å². The number of nitrogens with one attached hydrogen (secondary N) is 1. The third-order valence-electron chi connectivity index (χ3n) is 8.91. The van der Waals surface area contributed by atoms with Crippen LogP contribution in [0.25, 0.3) is 11.5 Å². The number of hydrogen-bond acceptors (Lipinski definition) is 6. The predicted octanol–water partition coefficient (Wildman–Crippen LogP) is 3.04. The van der Waals surface area contributed by atoms with Crippen LogP contribution >= 0.6 is 0 Å². The van der Waals surface area contributed by atoms with E-state index in [0.717, 1.165) is 42.4 Å². The summed E-state index contributed by atoms with van der Waals surface area (Å²) in [5.74, 6) is 1.02. The van der Waals surface area contributed by atoms with Gasteiger partial charge in [-0.05, 0) is 73.6 Å². The Balaban J connectivity index is 1.22. The maximum Gasteiger partial charge on any atom is 0.402 e. The van der Waals surface area contributed by atoms with Crippen molar-refractivity contribution in [3.63, 3.8) is 0 Å². The highest BCUT2D eigenvalue weighted by molar-refractivity contribution is 7.87. The molecule has 2 aliphatic heterocycles. The van der Waals surface area contributed by atoms with Gasteiger partial charge in [-0.15, -0.1) is 0 Å². The molecule has 3 fully saturated rings. The lowest BCUT2D eigenvalue weighted by molar-refractivity contribution is -0.136. The molecular formula is C25H30F3N5O4S. The number of fused-ring (bicyclic) bond motifs is 1. The molecule has 3 heterocycles. The molecule has 2 bridgehead atoms. The Bertz CT molecular complexity index is 1350. The van der Waals surface area contributed by atoms with Gasteiger partial charge in [0.15, 0.2) is 5.82 Å². The minimum absolute atomic E-state index is 0.0659. The van der Waals surface area contributed by atoms with Crippen LogP contribution in [-0.4, -0.2) is 71.6 Å². The fraction of sp³-hybridized carbons (Fsp3) is 0.640. The Labute approximate surface area is 218 Å². The lowest BCUT2D eigenvalue weighted by Crippen LogP contribution is -2.52. The zero-order valence-corrected chi connectivity index (χ0v) is 21.8. The molecule has 3 unspecified atom stereocenters. The van der Waals surface area contributed by atoms with E-state index in [1.54, 1.807) is 6.92 Å². The van der Waals surface area contributed by atoms with E-state index in [1.807, 2.05) is 23.1 Å². The lowest BCUT2D eigenvalue weighted by Gasteiger charge is -2.33. The van der Waals surface area contributed by atoms with Crippen molar-refractivity contribution in [1.82, 2.24) is 24.1 Å². The minimum atomic E-state index is -4.60. The zero-order chi connectivity index (χ0) is 26.9. The largest absolute Gasteiger partial charge is 0.402 e. The third kappa shape index (κ3) is 4.51. The number of nitrogens with zero attached hydrogens (tertiary/aromatic N) is 4. The van der Waals surface area contributed by atoms with Crippen LogP contribution in [0.5, 0.6) is 0 Å². The first-order valence-electron chi connectivity index (χ1n) is 13.0. The van der Waals surface area contributed by atoms with Crippen LogP contribution in [0.1, 0.15) is 55.5 Å². The smallest absolute Gasteiger partial charge is 0.343 e. The van der Waals surface area contributed by atoms with E-state index in [2.05, 4.69) is 14.9 Å². The number of piperidine rings is 1. The zero-order valence-electron chi connectivity index (χ0n) is 21.0. The van der Waals surface area contributed by atoms with E-state index in [1.165, 1.54) is 0 Å². The van der Waals surface area contributed by atoms with Crippen molar-refractivity contribution in [2.75, 3.05) is 26.2 Å². The van der Waals surface area contributed by atoms with Gasteiger partial charge in [-0.2, -0.15) is 35.6 Å². The number of rotatable bonds is 3. The van der Waals surface area contributed by atoms with E-state index < -0.39 is 28.5 Å². The molecule has 1 spiro atoms. The van der Waals surface area contributed by atoms with E-state index >= 15 is 0 Å². The Morgan fingerprint density at radius 1 is 1.13 bits per heavy atom. The van der Waals surface area contributed by atoms with Crippen molar-refractivity contribution in [2.24, 2.45) is 11.8 Å². The van der Waals surface area contributed by atoms with E-state index in [0.29, 0.717) is 42.0 Å². The summed E-state index contributed by atoms with van der Waals surface area (Å²) < 4.78 is 73.6.